The standard InChI is InChI=1S/C16H20N4S/c1-2-14(21-7-1)10-17-13-5-6-15-11(8-13)9-18-16(20-15)19-12-3-4-12/h1-2,7,9,12-13,17H,3-6,8,10H2,(H,18,19,20)/t13-/m0/s1. The van der Waals surface area contributed by atoms with Crippen molar-refractivity contribution in [2.45, 2.75) is 50.7 Å². The zero-order valence-electron chi connectivity index (χ0n) is 12.0. The van der Waals surface area contributed by atoms with Gasteiger partial charge in [-0.2, -0.15) is 0 Å². The summed E-state index contributed by atoms with van der Waals surface area (Å²) in [6.07, 6.45) is 7.80. The molecule has 21 heavy (non-hydrogen) atoms. The number of nitrogens with one attached hydrogen (secondary N) is 2. The topological polar surface area (TPSA) is 49.8 Å². The summed E-state index contributed by atoms with van der Waals surface area (Å²) < 4.78 is 0. The number of hydrogen-bond donors (Lipinski definition) is 2. The van der Waals surface area contributed by atoms with Crippen LogP contribution in [-0.2, 0) is 19.4 Å². The summed E-state index contributed by atoms with van der Waals surface area (Å²) in [5.41, 5.74) is 2.55. The van der Waals surface area contributed by atoms with Crippen LogP contribution in [0.3, 0.4) is 0 Å². The molecule has 0 unspecified atom stereocenters. The third-order valence-corrected chi connectivity index (χ3v) is 5.08. The fraction of sp³-hybridized carbons (Fsp3) is 0.500. The zero-order valence-corrected chi connectivity index (χ0v) is 12.8. The molecular weight excluding hydrogens is 280 g/mol. The molecule has 0 spiro atoms. The Hall–Kier alpha value is -1.46. The summed E-state index contributed by atoms with van der Waals surface area (Å²) in [5.74, 6) is 0.821. The predicted molar refractivity (Wildman–Crippen MR) is 85.6 cm³/mol. The second kappa shape index (κ2) is 5.73. The number of aromatic nitrogens is 2. The number of fused-ring (bicyclic) bond motifs is 1. The van der Waals surface area contributed by atoms with Gasteiger partial charge in [-0.1, -0.05) is 6.07 Å². The van der Waals surface area contributed by atoms with Gasteiger partial charge in [-0.25, -0.2) is 9.97 Å². The van der Waals surface area contributed by atoms with Crippen LogP contribution in [0.2, 0.25) is 0 Å². The molecule has 0 saturated heterocycles. The van der Waals surface area contributed by atoms with Crippen LogP contribution in [0.1, 0.15) is 35.4 Å². The van der Waals surface area contributed by atoms with Crippen LogP contribution in [0.4, 0.5) is 5.95 Å². The second-order valence-corrected chi connectivity index (χ2v) is 7.02. The maximum absolute atomic E-state index is 4.69. The number of anilines is 1. The van der Waals surface area contributed by atoms with E-state index in [2.05, 4.69) is 38.1 Å². The SMILES string of the molecule is c1csc(CN[C@H]2CCc3nc(NC4CC4)ncc3C2)c1. The molecule has 2 aliphatic carbocycles. The summed E-state index contributed by atoms with van der Waals surface area (Å²) >= 11 is 1.82. The predicted octanol–water partition coefficient (Wildman–Crippen LogP) is 2.76. The average Bonchev–Trinajstić information content (AvgIpc) is 3.16. The first-order valence-corrected chi connectivity index (χ1v) is 8.62. The molecule has 0 amide bonds. The van der Waals surface area contributed by atoms with Gasteiger partial charge in [-0.05, 0) is 49.1 Å². The molecule has 2 aliphatic rings. The molecule has 0 aromatic carbocycles. The van der Waals surface area contributed by atoms with Gasteiger partial charge >= 0.3 is 0 Å². The van der Waals surface area contributed by atoms with Gasteiger partial charge in [-0.3, -0.25) is 0 Å². The Kier molecular flexibility index (Phi) is 3.61. The molecular formula is C16H20N4S. The first kappa shape index (κ1) is 13.2. The van der Waals surface area contributed by atoms with Crippen molar-refractivity contribution in [3.8, 4) is 0 Å². The molecule has 0 radical (unpaired) electrons. The normalized spacial score (nSPS) is 21.0. The van der Waals surface area contributed by atoms with E-state index >= 15 is 0 Å². The minimum absolute atomic E-state index is 0.547. The molecule has 4 nitrogen and oxygen atoms in total. The van der Waals surface area contributed by atoms with Crippen molar-refractivity contribution in [3.63, 3.8) is 0 Å². The van der Waals surface area contributed by atoms with Crippen LogP contribution in [0.5, 0.6) is 0 Å². The van der Waals surface area contributed by atoms with Gasteiger partial charge in [0.1, 0.15) is 0 Å². The van der Waals surface area contributed by atoms with Gasteiger partial charge in [-0.15, -0.1) is 11.3 Å². The van der Waals surface area contributed by atoms with Crippen molar-refractivity contribution < 1.29 is 0 Å². The van der Waals surface area contributed by atoms with E-state index in [4.69, 9.17) is 0 Å². The van der Waals surface area contributed by atoms with Gasteiger partial charge in [0.15, 0.2) is 0 Å². The van der Waals surface area contributed by atoms with E-state index in [-0.39, 0.29) is 0 Å². The van der Waals surface area contributed by atoms with E-state index in [9.17, 15) is 0 Å². The summed E-state index contributed by atoms with van der Waals surface area (Å²) in [7, 11) is 0. The zero-order chi connectivity index (χ0) is 14.1. The molecule has 0 bridgehead atoms. The van der Waals surface area contributed by atoms with Crippen molar-refractivity contribution >= 4 is 17.3 Å². The van der Waals surface area contributed by atoms with Crippen molar-refractivity contribution in [1.29, 1.82) is 0 Å². The van der Waals surface area contributed by atoms with Crippen LogP contribution in [-0.4, -0.2) is 22.1 Å². The molecule has 5 heteroatoms. The maximum Gasteiger partial charge on any atom is 0.223 e. The summed E-state index contributed by atoms with van der Waals surface area (Å²) in [5, 5.41) is 9.18. The molecule has 1 saturated carbocycles. The minimum atomic E-state index is 0.547. The highest BCUT2D eigenvalue weighted by atomic mass is 32.1. The fourth-order valence-electron chi connectivity index (χ4n) is 2.82. The van der Waals surface area contributed by atoms with E-state index in [0.717, 1.165) is 31.8 Å². The maximum atomic E-state index is 4.69. The van der Waals surface area contributed by atoms with Crippen molar-refractivity contribution in [2.24, 2.45) is 0 Å². The Morgan fingerprint density at radius 2 is 2.19 bits per heavy atom. The van der Waals surface area contributed by atoms with Crippen LogP contribution in [0.25, 0.3) is 0 Å². The lowest BCUT2D eigenvalue weighted by Gasteiger charge is -2.24. The Morgan fingerprint density at radius 3 is 3.00 bits per heavy atom. The van der Waals surface area contributed by atoms with Crippen LogP contribution in [0.15, 0.2) is 23.7 Å². The molecule has 0 aliphatic heterocycles. The summed E-state index contributed by atoms with van der Waals surface area (Å²) in [6.45, 7) is 0.972. The lowest BCUT2D eigenvalue weighted by molar-refractivity contribution is 0.454. The quantitative estimate of drug-likeness (QED) is 0.891. The third-order valence-electron chi connectivity index (χ3n) is 4.21. The number of aryl methyl sites for hydroxylation is 1. The number of hydrogen-bond acceptors (Lipinski definition) is 5. The van der Waals surface area contributed by atoms with Gasteiger partial charge in [0.2, 0.25) is 5.95 Å². The lowest BCUT2D eigenvalue weighted by Crippen LogP contribution is -2.34. The Balaban J connectivity index is 1.37. The third kappa shape index (κ3) is 3.24. The largest absolute Gasteiger partial charge is 0.351 e. The van der Waals surface area contributed by atoms with Gasteiger partial charge < -0.3 is 10.6 Å². The van der Waals surface area contributed by atoms with Gasteiger partial charge in [0.05, 0.1) is 0 Å². The highest BCUT2D eigenvalue weighted by Gasteiger charge is 2.24. The van der Waals surface area contributed by atoms with Gasteiger partial charge in [0.25, 0.3) is 0 Å². The van der Waals surface area contributed by atoms with Crippen molar-refractivity contribution in [1.82, 2.24) is 15.3 Å². The molecule has 1 fully saturated rings. The van der Waals surface area contributed by atoms with Crippen molar-refractivity contribution in [2.75, 3.05) is 5.32 Å². The monoisotopic (exact) mass is 300 g/mol. The fourth-order valence-corrected chi connectivity index (χ4v) is 3.48. The number of rotatable bonds is 5. The van der Waals surface area contributed by atoms with E-state index in [1.807, 2.05) is 17.5 Å². The summed E-state index contributed by atoms with van der Waals surface area (Å²) in [6, 6.07) is 5.46. The molecule has 4 rings (SSSR count). The van der Waals surface area contributed by atoms with Crippen LogP contribution < -0.4 is 10.6 Å². The second-order valence-electron chi connectivity index (χ2n) is 5.98. The Morgan fingerprint density at radius 1 is 1.24 bits per heavy atom. The van der Waals surface area contributed by atoms with E-state index in [1.54, 1.807) is 0 Å². The minimum Gasteiger partial charge on any atom is -0.351 e. The highest BCUT2D eigenvalue weighted by molar-refractivity contribution is 7.09. The smallest absolute Gasteiger partial charge is 0.223 e. The Bertz CT molecular complexity index is 607. The van der Waals surface area contributed by atoms with Gasteiger partial charge in [0, 0.05) is 35.4 Å². The molecule has 110 valence electrons. The van der Waals surface area contributed by atoms with Crippen LogP contribution in [0, 0.1) is 0 Å². The molecule has 2 aromatic rings. The lowest BCUT2D eigenvalue weighted by atomic mass is 9.93. The molecule has 1 atom stereocenters. The van der Waals surface area contributed by atoms with E-state index in [0.29, 0.717) is 12.1 Å². The molecule has 2 aromatic heterocycles. The average molecular weight is 300 g/mol. The molecule has 2 heterocycles. The van der Waals surface area contributed by atoms with E-state index < -0.39 is 0 Å². The summed E-state index contributed by atoms with van der Waals surface area (Å²) in [4.78, 5) is 10.6. The number of nitrogens with zero attached hydrogens (tertiary/aromatic N) is 2. The first-order valence-electron chi connectivity index (χ1n) is 7.74. The van der Waals surface area contributed by atoms with E-state index in [1.165, 1.54) is 29.0 Å². The van der Waals surface area contributed by atoms with Crippen molar-refractivity contribution in [3.05, 3.63) is 39.8 Å². The first-order chi connectivity index (χ1) is 10.4. The Labute approximate surface area is 129 Å². The molecule has 2 N–H and O–H groups in total. The highest BCUT2D eigenvalue weighted by Crippen LogP contribution is 2.25. The number of thiophene rings is 1. The van der Waals surface area contributed by atoms with Crippen LogP contribution >= 0.6 is 11.3 Å².